The molecule has 1 aromatic rings. The van der Waals surface area contributed by atoms with Gasteiger partial charge in [-0.05, 0) is 24.8 Å². The first kappa shape index (κ1) is 9.96. The van der Waals surface area contributed by atoms with E-state index in [4.69, 9.17) is 0 Å². The first-order chi connectivity index (χ1) is 7.20. The fourth-order valence-corrected chi connectivity index (χ4v) is 1.48. The fraction of sp³-hybridized carbons (Fsp3) is 0.455. The number of pyridine rings is 1. The molecule has 0 N–H and O–H groups in total. The molecule has 15 heavy (non-hydrogen) atoms. The number of carbonyl (C=O) groups is 1. The first-order valence-electron chi connectivity index (χ1n) is 4.99. The van der Waals surface area contributed by atoms with E-state index >= 15 is 0 Å². The molecule has 0 aliphatic heterocycles. The van der Waals surface area contributed by atoms with Crippen LogP contribution in [0.2, 0.25) is 0 Å². The van der Waals surface area contributed by atoms with E-state index in [0.717, 1.165) is 6.54 Å². The Kier molecular flexibility index (Phi) is 2.58. The monoisotopic (exact) mass is 207 g/mol. The molecule has 0 spiro atoms. The highest BCUT2D eigenvalue weighted by Gasteiger charge is 2.22. The zero-order chi connectivity index (χ0) is 10.8. The van der Waals surface area contributed by atoms with E-state index in [0.29, 0.717) is 11.5 Å². The van der Waals surface area contributed by atoms with Gasteiger partial charge in [0.2, 0.25) is 0 Å². The lowest BCUT2D eigenvalue weighted by atomic mass is 10.2. The summed E-state index contributed by atoms with van der Waals surface area (Å²) in [5.74, 6) is 0.178. The molecule has 0 radical (unpaired) electrons. The van der Waals surface area contributed by atoms with E-state index in [2.05, 4.69) is 4.74 Å². The Balaban J connectivity index is 2.21. The topological polar surface area (TPSA) is 48.3 Å². The second-order valence-electron chi connectivity index (χ2n) is 3.84. The number of nitrogens with zero attached hydrogens (tertiary/aromatic N) is 1. The number of hydrogen-bond acceptors (Lipinski definition) is 3. The quantitative estimate of drug-likeness (QED) is 0.696. The summed E-state index contributed by atoms with van der Waals surface area (Å²) in [6, 6.07) is 2.95. The minimum Gasteiger partial charge on any atom is -0.465 e. The molecule has 0 aromatic carbocycles. The maximum Gasteiger partial charge on any atom is 0.338 e. The molecule has 80 valence electrons. The molecule has 1 heterocycles. The summed E-state index contributed by atoms with van der Waals surface area (Å²) in [7, 11) is 1.30. The van der Waals surface area contributed by atoms with Crippen LogP contribution >= 0.6 is 0 Å². The van der Waals surface area contributed by atoms with Crippen molar-refractivity contribution in [3.8, 4) is 0 Å². The van der Waals surface area contributed by atoms with Crippen molar-refractivity contribution in [3.63, 3.8) is 0 Å². The first-order valence-corrected chi connectivity index (χ1v) is 4.99. The van der Waals surface area contributed by atoms with Gasteiger partial charge in [-0.2, -0.15) is 0 Å². The number of carbonyl (C=O) groups excluding carboxylic acids is 1. The molecule has 2 rings (SSSR count). The Morgan fingerprint density at radius 1 is 1.60 bits per heavy atom. The number of methoxy groups -OCH3 is 1. The molecule has 0 atom stereocenters. The van der Waals surface area contributed by atoms with E-state index in [1.807, 2.05) is 0 Å². The van der Waals surface area contributed by atoms with Gasteiger partial charge in [0.15, 0.2) is 0 Å². The Bertz CT molecular complexity index is 432. The van der Waals surface area contributed by atoms with Gasteiger partial charge in [-0.15, -0.1) is 0 Å². The summed E-state index contributed by atoms with van der Waals surface area (Å²) in [5, 5.41) is 0. The smallest absolute Gasteiger partial charge is 0.338 e. The van der Waals surface area contributed by atoms with Gasteiger partial charge < -0.3 is 9.30 Å². The molecule has 4 heteroatoms. The normalized spacial score (nSPS) is 15.0. The molecule has 1 aromatic heterocycles. The maximum absolute atomic E-state index is 11.6. The van der Waals surface area contributed by atoms with Crippen LogP contribution in [-0.2, 0) is 11.3 Å². The van der Waals surface area contributed by atoms with Gasteiger partial charge >= 0.3 is 5.97 Å². The Morgan fingerprint density at radius 3 is 2.87 bits per heavy atom. The molecule has 1 saturated carbocycles. The Labute approximate surface area is 87.5 Å². The minimum absolute atomic E-state index is 0.134. The van der Waals surface area contributed by atoms with Crippen LogP contribution in [0.3, 0.4) is 0 Å². The van der Waals surface area contributed by atoms with E-state index in [-0.39, 0.29) is 5.56 Å². The van der Waals surface area contributed by atoms with Gasteiger partial charge in [-0.1, -0.05) is 0 Å². The van der Waals surface area contributed by atoms with Crippen LogP contribution < -0.4 is 5.56 Å². The summed E-state index contributed by atoms with van der Waals surface area (Å²) >= 11 is 0. The van der Waals surface area contributed by atoms with Gasteiger partial charge in [0.25, 0.3) is 5.56 Å². The van der Waals surface area contributed by atoms with E-state index in [9.17, 15) is 9.59 Å². The molecule has 0 saturated heterocycles. The van der Waals surface area contributed by atoms with Crippen LogP contribution in [0.15, 0.2) is 23.1 Å². The van der Waals surface area contributed by atoms with Crippen molar-refractivity contribution >= 4 is 5.97 Å². The predicted molar refractivity (Wildman–Crippen MR) is 54.8 cm³/mol. The van der Waals surface area contributed by atoms with Crippen LogP contribution in [-0.4, -0.2) is 17.6 Å². The van der Waals surface area contributed by atoms with Crippen LogP contribution in [0.1, 0.15) is 23.2 Å². The van der Waals surface area contributed by atoms with Gasteiger partial charge in [0, 0.05) is 18.8 Å². The molecule has 1 aliphatic rings. The Hall–Kier alpha value is -1.58. The zero-order valence-corrected chi connectivity index (χ0v) is 8.60. The predicted octanol–water partition coefficient (Wildman–Crippen LogP) is 1.04. The molecule has 0 unspecified atom stereocenters. The standard InChI is InChI=1S/C11H13NO3/c1-15-11(14)9-4-5-12(10(13)6-9)7-8-2-3-8/h4-6,8H,2-3,7H2,1H3. The fourth-order valence-electron chi connectivity index (χ4n) is 1.48. The lowest BCUT2D eigenvalue weighted by Gasteiger charge is -2.04. The van der Waals surface area contributed by atoms with Crippen LogP contribution in [0.25, 0.3) is 0 Å². The largest absolute Gasteiger partial charge is 0.465 e. The number of aromatic nitrogens is 1. The molecular formula is C11H13NO3. The summed E-state index contributed by atoms with van der Waals surface area (Å²) in [5.41, 5.74) is 0.180. The second kappa shape index (κ2) is 3.88. The lowest BCUT2D eigenvalue weighted by molar-refractivity contribution is 0.0600. The van der Waals surface area contributed by atoms with Gasteiger partial charge in [0.1, 0.15) is 0 Å². The van der Waals surface area contributed by atoms with E-state index < -0.39 is 5.97 Å². The van der Waals surface area contributed by atoms with E-state index in [1.54, 1.807) is 16.8 Å². The number of ether oxygens (including phenoxy) is 1. The van der Waals surface area contributed by atoms with Crippen LogP contribution in [0.5, 0.6) is 0 Å². The van der Waals surface area contributed by atoms with Crippen molar-refractivity contribution in [1.82, 2.24) is 4.57 Å². The Morgan fingerprint density at radius 2 is 2.33 bits per heavy atom. The van der Waals surface area contributed by atoms with Crippen molar-refractivity contribution in [2.75, 3.05) is 7.11 Å². The SMILES string of the molecule is COC(=O)c1ccn(CC2CC2)c(=O)c1. The molecule has 1 aliphatic carbocycles. The maximum atomic E-state index is 11.6. The van der Waals surface area contributed by atoms with Crippen molar-refractivity contribution in [2.24, 2.45) is 5.92 Å². The van der Waals surface area contributed by atoms with Crippen LogP contribution in [0, 0.1) is 5.92 Å². The molecule has 4 nitrogen and oxygen atoms in total. The third-order valence-corrected chi connectivity index (χ3v) is 2.57. The van der Waals surface area contributed by atoms with Crippen LogP contribution in [0.4, 0.5) is 0 Å². The molecular weight excluding hydrogens is 194 g/mol. The average molecular weight is 207 g/mol. The summed E-state index contributed by atoms with van der Waals surface area (Å²) < 4.78 is 6.18. The highest BCUT2D eigenvalue weighted by atomic mass is 16.5. The highest BCUT2D eigenvalue weighted by Crippen LogP contribution is 2.29. The number of esters is 1. The summed E-state index contributed by atoms with van der Waals surface area (Å²) in [6.07, 6.45) is 4.06. The third-order valence-electron chi connectivity index (χ3n) is 2.57. The summed E-state index contributed by atoms with van der Waals surface area (Å²) in [6.45, 7) is 0.764. The van der Waals surface area contributed by atoms with Gasteiger partial charge in [0.05, 0.1) is 12.7 Å². The van der Waals surface area contributed by atoms with Gasteiger partial charge in [-0.3, -0.25) is 4.79 Å². The van der Waals surface area contributed by atoms with E-state index in [1.165, 1.54) is 26.0 Å². The molecule has 0 bridgehead atoms. The minimum atomic E-state index is -0.467. The summed E-state index contributed by atoms with van der Waals surface area (Å²) in [4.78, 5) is 22.7. The third kappa shape index (κ3) is 2.26. The molecule has 0 amide bonds. The number of rotatable bonds is 3. The second-order valence-corrected chi connectivity index (χ2v) is 3.84. The lowest BCUT2D eigenvalue weighted by Crippen LogP contribution is -2.21. The number of hydrogen-bond donors (Lipinski definition) is 0. The van der Waals surface area contributed by atoms with Crippen molar-refractivity contribution in [1.29, 1.82) is 0 Å². The van der Waals surface area contributed by atoms with Crippen molar-refractivity contribution < 1.29 is 9.53 Å². The van der Waals surface area contributed by atoms with Crippen molar-refractivity contribution in [3.05, 3.63) is 34.2 Å². The van der Waals surface area contributed by atoms with Crippen molar-refractivity contribution in [2.45, 2.75) is 19.4 Å². The average Bonchev–Trinajstić information content (AvgIpc) is 3.04. The highest BCUT2D eigenvalue weighted by molar-refractivity contribution is 5.88. The molecule has 1 fully saturated rings. The van der Waals surface area contributed by atoms with Gasteiger partial charge in [-0.25, -0.2) is 4.79 Å². The zero-order valence-electron chi connectivity index (χ0n) is 8.60.